The second-order valence-electron chi connectivity index (χ2n) is 7.39. The van der Waals surface area contributed by atoms with Crippen LogP contribution in [0.15, 0.2) is 48.5 Å². The first-order valence-electron chi connectivity index (χ1n) is 7.83. The fourth-order valence-electron chi connectivity index (χ4n) is 2.93. The largest absolute Gasteiger partial charge is 0.0613 e. The van der Waals surface area contributed by atoms with E-state index < -0.39 is 0 Å². The van der Waals surface area contributed by atoms with Crippen molar-refractivity contribution in [1.82, 2.24) is 0 Å². The van der Waals surface area contributed by atoms with E-state index in [4.69, 9.17) is 0 Å². The third kappa shape index (κ3) is 2.55. The molecule has 1 aromatic carbocycles. The van der Waals surface area contributed by atoms with Gasteiger partial charge in [-0.1, -0.05) is 77.1 Å². The van der Waals surface area contributed by atoms with Crippen LogP contribution in [-0.2, 0) is 5.41 Å². The standard InChI is InChI=1S/C21H24/c1-14(2)15-7-6-8-19-17(11-15)12-16-9-10-18(13-20(16)19)21(3,4)5/h6-14H,1-5H3. The smallest absolute Gasteiger partial charge is 0.0102 e. The number of hydrogen-bond acceptors (Lipinski definition) is 0. The molecule has 2 aliphatic carbocycles. The molecule has 0 amide bonds. The number of fused-ring (bicyclic) bond motifs is 3. The number of benzene rings is 1. The zero-order valence-electron chi connectivity index (χ0n) is 13.7. The molecule has 0 atom stereocenters. The maximum Gasteiger partial charge on any atom is -0.0102 e. The van der Waals surface area contributed by atoms with Crippen molar-refractivity contribution in [3.05, 3.63) is 59.7 Å². The van der Waals surface area contributed by atoms with E-state index in [1.165, 1.54) is 33.0 Å². The molecule has 0 heterocycles. The Morgan fingerprint density at radius 2 is 1.62 bits per heavy atom. The van der Waals surface area contributed by atoms with Crippen LogP contribution >= 0.6 is 0 Å². The molecule has 108 valence electrons. The normalized spacial score (nSPS) is 12.5. The summed E-state index contributed by atoms with van der Waals surface area (Å²) in [6, 6.07) is 18.3. The van der Waals surface area contributed by atoms with Crippen LogP contribution in [-0.4, -0.2) is 0 Å². The average molecular weight is 276 g/mol. The summed E-state index contributed by atoms with van der Waals surface area (Å²) in [6.07, 6.45) is 0. The van der Waals surface area contributed by atoms with Crippen LogP contribution in [0.2, 0.25) is 0 Å². The third-order valence-electron chi connectivity index (χ3n) is 4.37. The molecular weight excluding hydrogens is 252 g/mol. The second kappa shape index (κ2) is 4.87. The minimum absolute atomic E-state index is 0.192. The van der Waals surface area contributed by atoms with Gasteiger partial charge in [0.25, 0.3) is 0 Å². The van der Waals surface area contributed by atoms with Crippen molar-refractivity contribution in [2.75, 3.05) is 0 Å². The van der Waals surface area contributed by atoms with Gasteiger partial charge in [0.15, 0.2) is 0 Å². The molecule has 0 spiro atoms. The van der Waals surface area contributed by atoms with Crippen molar-refractivity contribution >= 4 is 10.8 Å². The summed E-state index contributed by atoms with van der Waals surface area (Å²) in [6.45, 7) is 11.3. The summed E-state index contributed by atoms with van der Waals surface area (Å²) in [4.78, 5) is 0. The molecule has 0 N–H and O–H groups in total. The van der Waals surface area contributed by atoms with Crippen LogP contribution in [0.25, 0.3) is 21.9 Å². The van der Waals surface area contributed by atoms with Crippen molar-refractivity contribution in [3.8, 4) is 11.1 Å². The maximum absolute atomic E-state index is 2.37. The van der Waals surface area contributed by atoms with E-state index in [1.54, 1.807) is 0 Å². The van der Waals surface area contributed by atoms with Gasteiger partial charge in [0.05, 0.1) is 0 Å². The summed E-state index contributed by atoms with van der Waals surface area (Å²) >= 11 is 0. The quantitative estimate of drug-likeness (QED) is 0.484. The van der Waals surface area contributed by atoms with Gasteiger partial charge in [-0.25, -0.2) is 0 Å². The van der Waals surface area contributed by atoms with Crippen LogP contribution in [0.5, 0.6) is 0 Å². The molecule has 0 aliphatic heterocycles. The molecule has 0 fully saturated rings. The fourth-order valence-corrected chi connectivity index (χ4v) is 2.93. The van der Waals surface area contributed by atoms with Gasteiger partial charge in [-0.05, 0) is 50.4 Å². The second-order valence-corrected chi connectivity index (χ2v) is 7.39. The van der Waals surface area contributed by atoms with Crippen LogP contribution in [0.3, 0.4) is 0 Å². The molecule has 0 nitrogen and oxygen atoms in total. The van der Waals surface area contributed by atoms with Gasteiger partial charge in [-0.3, -0.25) is 0 Å². The first-order chi connectivity index (χ1) is 9.86. The Labute approximate surface area is 128 Å². The van der Waals surface area contributed by atoms with Crippen molar-refractivity contribution in [2.24, 2.45) is 0 Å². The maximum atomic E-state index is 2.37. The van der Waals surface area contributed by atoms with E-state index in [0.29, 0.717) is 5.92 Å². The fraction of sp³-hybridized carbons (Fsp3) is 0.333. The molecule has 0 heteroatoms. The van der Waals surface area contributed by atoms with Gasteiger partial charge in [0, 0.05) is 0 Å². The lowest BCUT2D eigenvalue weighted by molar-refractivity contribution is 0.591. The highest BCUT2D eigenvalue weighted by Gasteiger charge is 2.16. The van der Waals surface area contributed by atoms with E-state index in [-0.39, 0.29) is 5.41 Å². The van der Waals surface area contributed by atoms with Crippen LogP contribution in [0, 0.1) is 0 Å². The minimum atomic E-state index is 0.192. The highest BCUT2D eigenvalue weighted by Crippen LogP contribution is 2.37. The van der Waals surface area contributed by atoms with Gasteiger partial charge in [0.1, 0.15) is 0 Å². The average Bonchev–Trinajstić information content (AvgIpc) is 2.60. The predicted octanol–water partition coefficient (Wildman–Crippen LogP) is 6.37. The Kier molecular flexibility index (Phi) is 3.28. The first-order valence-corrected chi connectivity index (χ1v) is 7.83. The summed E-state index contributed by atoms with van der Waals surface area (Å²) in [5.41, 5.74) is 5.71. The molecule has 0 aromatic heterocycles. The van der Waals surface area contributed by atoms with Crippen molar-refractivity contribution in [2.45, 2.75) is 46.0 Å². The Morgan fingerprint density at radius 3 is 2.29 bits per heavy atom. The molecule has 21 heavy (non-hydrogen) atoms. The van der Waals surface area contributed by atoms with Crippen molar-refractivity contribution < 1.29 is 0 Å². The molecule has 0 bridgehead atoms. The van der Waals surface area contributed by atoms with Crippen LogP contribution in [0.4, 0.5) is 0 Å². The van der Waals surface area contributed by atoms with Crippen molar-refractivity contribution in [3.63, 3.8) is 0 Å². The molecule has 0 saturated carbocycles. The zero-order chi connectivity index (χ0) is 15.2. The van der Waals surface area contributed by atoms with Gasteiger partial charge in [0.2, 0.25) is 0 Å². The highest BCUT2D eigenvalue weighted by atomic mass is 14.2. The van der Waals surface area contributed by atoms with Crippen LogP contribution < -0.4 is 0 Å². The summed E-state index contributed by atoms with van der Waals surface area (Å²) in [5.74, 6) is 0.559. The highest BCUT2D eigenvalue weighted by molar-refractivity contribution is 6.02. The van der Waals surface area contributed by atoms with Crippen LogP contribution in [0.1, 0.15) is 51.7 Å². The molecule has 0 saturated heterocycles. The zero-order valence-corrected chi connectivity index (χ0v) is 13.7. The molecule has 0 unspecified atom stereocenters. The van der Waals surface area contributed by atoms with E-state index in [9.17, 15) is 0 Å². The predicted molar refractivity (Wildman–Crippen MR) is 93.4 cm³/mol. The third-order valence-corrected chi connectivity index (χ3v) is 4.37. The van der Waals surface area contributed by atoms with Crippen molar-refractivity contribution in [1.29, 1.82) is 0 Å². The molecule has 0 radical (unpaired) electrons. The topological polar surface area (TPSA) is 0 Å². The van der Waals surface area contributed by atoms with E-state index >= 15 is 0 Å². The Balaban J connectivity index is 2.26. The molecule has 2 aliphatic rings. The molecule has 1 aromatic rings. The van der Waals surface area contributed by atoms with Gasteiger partial charge >= 0.3 is 0 Å². The first kappa shape index (κ1) is 14.1. The summed E-state index contributed by atoms with van der Waals surface area (Å²) in [7, 11) is 0. The lowest BCUT2D eigenvalue weighted by Gasteiger charge is -2.19. The van der Waals surface area contributed by atoms with Gasteiger partial charge < -0.3 is 0 Å². The minimum Gasteiger partial charge on any atom is -0.0613 e. The van der Waals surface area contributed by atoms with E-state index in [2.05, 4.69) is 83.1 Å². The SMILES string of the molecule is CC(C)c1cccc2c3cc(C(C)(C)C)ccc3cc-2c1. The van der Waals surface area contributed by atoms with Gasteiger partial charge in [-0.15, -0.1) is 0 Å². The lowest BCUT2D eigenvalue weighted by atomic mass is 9.86. The number of rotatable bonds is 1. The van der Waals surface area contributed by atoms with E-state index in [0.717, 1.165) is 0 Å². The van der Waals surface area contributed by atoms with Gasteiger partial charge in [-0.2, -0.15) is 0 Å². The summed E-state index contributed by atoms with van der Waals surface area (Å²) < 4.78 is 0. The lowest BCUT2D eigenvalue weighted by Crippen LogP contribution is -2.10. The summed E-state index contributed by atoms with van der Waals surface area (Å²) in [5, 5.41) is 2.72. The molecular formula is C21H24. The Bertz CT molecular complexity index is 757. The Hall–Kier alpha value is -1.82. The number of hydrogen-bond donors (Lipinski definition) is 0. The van der Waals surface area contributed by atoms with E-state index in [1.807, 2.05) is 0 Å². The Morgan fingerprint density at radius 1 is 0.857 bits per heavy atom. The monoisotopic (exact) mass is 276 g/mol. The molecule has 3 rings (SSSR count).